The lowest BCUT2D eigenvalue weighted by atomic mass is 9.90. The summed E-state index contributed by atoms with van der Waals surface area (Å²) in [6, 6.07) is 15.3. The zero-order valence-electron chi connectivity index (χ0n) is 15.5. The molecule has 5 nitrogen and oxygen atoms in total. The van der Waals surface area contributed by atoms with Gasteiger partial charge in [-0.1, -0.05) is 37.3 Å². The second-order valence-corrected chi connectivity index (χ2v) is 9.18. The van der Waals surface area contributed by atoms with Crippen LogP contribution in [0, 0.1) is 5.92 Å². The SMILES string of the molecule is C[C@@H]1CCCN(C(=O)c2cccc(CS(=O)(=O)c3ccccc3)c2)[C@H]1CN. The molecule has 0 aromatic heterocycles. The van der Waals surface area contributed by atoms with Crippen molar-refractivity contribution in [1.82, 2.24) is 4.90 Å². The van der Waals surface area contributed by atoms with Crippen LogP contribution in [-0.4, -0.2) is 38.4 Å². The molecule has 2 aromatic rings. The third kappa shape index (κ3) is 4.39. The van der Waals surface area contributed by atoms with Crippen LogP contribution in [0.5, 0.6) is 0 Å². The molecule has 1 amide bonds. The van der Waals surface area contributed by atoms with Crippen molar-refractivity contribution < 1.29 is 13.2 Å². The first-order valence-electron chi connectivity index (χ1n) is 9.30. The summed E-state index contributed by atoms with van der Waals surface area (Å²) in [6.45, 7) is 3.26. The van der Waals surface area contributed by atoms with Gasteiger partial charge in [-0.25, -0.2) is 8.42 Å². The summed E-state index contributed by atoms with van der Waals surface area (Å²) in [5, 5.41) is 0. The molecule has 0 saturated carbocycles. The highest BCUT2D eigenvalue weighted by atomic mass is 32.2. The number of piperidine rings is 1. The van der Waals surface area contributed by atoms with E-state index in [-0.39, 0.29) is 22.6 Å². The van der Waals surface area contributed by atoms with E-state index in [4.69, 9.17) is 5.73 Å². The van der Waals surface area contributed by atoms with E-state index in [9.17, 15) is 13.2 Å². The van der Waals surface area contributed by atoms with Crippen molar-refractivity contribution in [3.8, 4) is 0 Å². The maximum Gasteiger partial charge on any atom is 0.254 e. The minimum absolute atomic E-state index is 0.0305. The normalized spacial score (nSPS) is 20.4. The Balaban J connectivity index is 1.82. The maximum absolute atomic E-state index is 13.0. The van der Waals surface area contributed by atoms with Gasteiger partial charge < -0.3 is 10.6 Å². The zero-order valence-corrected chi connectivity index (χ0v) is 16.4. The molecule has 2 atom stereocenters. The number of carbonyl (C=O) groups is 1. The van der Waals surface area contributed by atoms with Crippen LogP contribution in [0.4, 0.5) is 0 Å². The van der Waals surface area contributed by atoms with E-state index in [1.165, 1.54) is 0 Å². The fourth-order valence-electron chi connectivity index (χ4n) is 3.75. The lowest BCUT2D eigenvalue weighted by Gasteiger charge is -2.39. The molecule has 2 N–H and O–H groups in total. The molecule has 1 saturated heterocycles. The predicted octanol–water partition coefficient (Wildman–Crippen LogP) is 2.86. The molecule has 0 aliphatic carbocycles. The number of amides is 1. The third-order valence-electron chi connectivity index (χ3n) is 5.25. The Bertz CT molecular complexity index is 897. The van der Waals surface area contributed by atoms with E-state index in [0.29, 0.717) is 30.1 Å². The summed E-state index contributed by atoms with van der Waals surface area (Å²) in [5.41, 5.74) is 7.03. The van der Waals surface area contributed by atoms with Crippen molar-refractivity contribution >= 4 is 15.7 Å². The largest absolute Gasteiger partial charge is 0.334 e. The highest BCUT2D eigenvalue weighted by Crippen LogP contribution is 2.25. The van der Waals surface area contributed by atoms with E-state index in [1.54, 1.807) is 54.6 Å². The van der Waals surface area contributed by atoms with E-state index >= 15 is 0 Å². The van der Waals surface area contributed by atoms with Crippen LogP contribution in [0.25, 0.3) is 0 Å². The predicted molar refractivity (Wildman–Crippen MR) is 106 cm³/mol. The van der Waals surface area contributed by atoms with Crippen LogP contribution < -0.4 is 5.73 Å². The molecule has 0 unspecified atom stereocenters. The number of sulfone groups is 1. The molecule has 27 heavy (non-hydrogen) atoms. The van der Waals surface area contributed by atoms with Crippen LogP contribution in [0.15, 0.2) is 59.5 Å². The quantitative estimate of drug-likeness (QED) is 0.857. The maximum atomic E-state index is 13.0. The van der Waals surface area contributed by atoms with Gasteiger partial charge in [-0.3, -0.25) is 4.79 Å². The molecular weight excluding hydrogens is 360 g/mol. The molecule has 1 aliphatic heterocycles. The number of rotatable bonds is 5. The first-order chi connectivity index (χ1) is 12.9. The van der Waals surface area contributed by atoms with E-state index in [1.807, 2.05) is 4.90 Å². The van der Waals surface area contributed by atoms with Gasteiger partial charge in [0, 0.05) is 24.7 Å². The summed E-state index contributed by atoms with van der Waals surface area (Å²) in [4.78, 5) is 15.2. The molecule has 1 aliphatic rings. The smallest absolute Gasteiger partial charge is 0.254 e. The van der Waals surface area contributed by atoms with Crippen molar-refractivity contribution in [2.45, 2.75) is 36.5 Å². The van der Waals surface area contributed by atoms with Gasteiger partial charge in [0.05, 0.1) is 10.6 Å². The van der Waals surface area contributed by atoms with E-state index < -0.39 is 9.84 Å². The molecule has 2 aromatic carbocycles. The standard InChI is InChI=1S/C21H26N2O3S/c1-16-7-6-12-23(20(16)14-22)21(24)18-9-5-8-17(13-18)15-27(25,26)19-10-3-2-4-11-19/h2-5,8-11,13,16,20H,6-7,12,14-15,22H2,1H3/t16-,20+/m1/s1. The van der Waals surface area contributed by atoms with Crippen LogP contribution in [0.2, 0.25) is 0 Å². The monoisotopic (exact) mass is 386 g/mol. The molecule has 0 spiro atoms. The molecule has 6 heteroatoms. The Hall–Kier alpha value is -2.18. The number of benzene rings is 2. The number of hydrogen-bond donors (Lipinski definition) is 1. The average molecular weight is 387 g/mol. The Morgan fingerprint density at radius 3 is 2.59 bits per heavy atom. The lowest BCUT2D eigenvalue weighted by Crippen LogP contribution is -2.51. The number of likely N-dealkylation sites (tertiary alicyclic amines) is 1. The Kier molecular flexibility index (Phi) is 5.97. The number of hydrogen-bond acceptors (Lipinski definition) is 4. The van der Waals surface area contributed by atoms with Crippen LogP contribution in [0.3, 0.4) is 0 Å². The summed E-state index contributed by atoms with van der Waals surface area (Å²) in [7, 11) is -3.45. The third-order valence-corrected chi connectivity index (χ3v) is 6.95. The fraction of sp³-hybridized carbons (Fsp3) is 0.381. The second kappa shape index (κ2) is 8.23. The second-order valence-electron chi connectivity index (χ2n) is 7.19. The number of nitrogens with two attached hydrogens (primary N) is 1. The Morgan fingerprint density at radius 1 is 1.15 bits per heavy atom. The minimum Gasteiger partial charge on any atom is -0.334 e. The lowest BCUT2D eigenvalue weighted by molar-refractivity contribution is 0.0532. The van der Waals surface area contributed by atoms with Crippen molar-refractivity contribution in [2.75, 3.05) is 13.1 Å². The van der Waals surface area contributed by atoms with Gasteiger partial charge >= 0.3 is 0 Å². The van der Waals surface area contributed by atoms with Crippen molar-refractivity contribution in [2.24, 2.45) is 11.7 Å². The molecule has 0 bridgehead atoms. The van der Waals surface area contributed by atoms with Gasteiger partial charge in [0.15, 0.2) is 9.84 Å². The van der Waals surface area contributed by atoms with Crippen LogP contribution in [-0.2, 0) is 15.6 Å². The van der Waals surface area contributed by atoms with E-state index in [2.05, 4.69) is 6.92 Å². The van der Waals surface area contributed by atoms with Crippen molar-refractivity contribution in [1.29, 1.82) is 0 Å². The fourth-order valence-corrected chi connectivity index (χ4v) is 5.11. The first-order valence-corrected chi connectivity index (χ1v) is 11.0. The van der Waals surface area contributed by atoms with Gasteiger partial charge in [-0.15, -0.1) is 0 Å². The highest BCUT2D eigenvalue weighted by Gasteiger charge is 2.31. The van der Waals surface area contributed by atoms with Crippen LogP contribution in [0.1, 0.15) is 35.7 Å². The molecule has 3 rings (SSSR count). The van der Waals surface area contributed by atoms with Crippen molar-refractivity contribution in [3.05, 3.63) is 65.7 Å². The van der Waals surface area contributed by atoms with E-state index in [0.717, 1.165) is 12.8 Å². The topological polar surface area (TPSA) is 80.5 Å². The summed E-state index contributed by atoms with van der Waals surface area (Å²) >= 11 is 0. The summed E-state index contributed by atoms with van der Waals surface area (Å²) in [5.74, 6) is 0.166. The van der Waals surface area contributed by atoms with Gasteiger partial charge in [-0.05, 0) is 48.6 Å². The summed E-state index contributed by atoms with van der Waals surface area (Å²) in [6.07, 6.45) is 2.03. The van der Waals surface area contributed by atoms with Gasteiger partial charge in [0.25, 0.3) is 5.91 Å². The van der Waals surface area contributed by atoms with Crippen LogP contribution >= 0.6 is 0 Å². The Labute approximate surface area is 161 Å². The minimum atomic E-state index is -3.45. The molecule has 1 fully saturated rings. The molecule has 1 heterocycles. The number of carbonyl (C=O) groups excluding carboxylic acids is 1. The Morgan fingerprint density at radius 2 is 1.89 bits per heavy atom. The molecule has 144 valence electrons. The highest BCUT2D eigenvalue weighted by molar-refractivity contribution is 7.90. The zero-order chi connectivity index (χ0) is 19.4. The van der Waals surface area contributed by atoms with Gasteiger partial charge in [-0.2, -0.15) is 0 Å². The average Bonchev–Trinajstić information content (AvgIpc) is 2.68. The van der Waals surface area contributed by atoms with Gasteiger partial charge in [0.1, 0.15) is 0 Å². The summed E-state index contributed by atoms with van der Waals surface area (Å²) < 4.78 is 25.2. The molecular formula is C21H26N2O3S. The van der Waals surface area contributed by atoms with Gasteiger partial charge in [0.2, 0.25) is 0 Å². The number of nitrogens with zero attached hydrogens (tertiary/aromatic N) is 1. The first kappa shape index (κ1) is 19.6. The molecule has 0 radical (unpaired) electrons. The van der Waals surface area contributed by atoms with Crippen molar-refractivity contribution in [3.63, 3.8) is 0 Å².